The Kier molecular flexibility index (Phi) is 11.0. The van der Waals surface area contributed by atoms with Crippen molar-refractivity contribution in [1.29, 1.82) is 0 Å². The fraction of sp³-hybridized carbons (Fsp3) is 0.429. The van der Waals surface area contributed by atoms with Gasteiger partial charge < -0.3 is 15.0 Å². The second kappa shape index (κ2) is 14.7. The number of nitrogens with zero attached hydrogens (tertiary/aromatic N) is 1. The van der Waals surface area contributed by atoms with E-state index < -0.39 is 11.7 Å². The second-order valence-electron chi connectivity index (χ2n) is 11.6. The number of likely N-dealkylation sites (tertiary alicyclic amines) is 1. The fourth-order valence-electron chi connectivity index (χ4n) is 5.89. The van der Waals surface area contributed by atoms with Crippen molar-refractivity contribution in [1.82, 2.24) is 10.2 Å². The van der Waals surface area contributed by atoms with E-state index in [9.17, 15) is 22.8 Å². The smallest absolute Gasteiger partial charge is 0.416 e. The first kappa shape index (κ1) is 32.3. The number of piperidine rings is 1. The molecule has 0 bridgehead atoms. The van der Waals surface area contributed by atoms with Gasteiger partial charge in [0, 0.05) is 30.1 Å². The third kappa shape index (κ3) is 8.92. The van der Waals surface area contributed by atoms with E-state index in [4.69, 9.17) is 4.74 Å². The van der Waals surface area contributed by atoms with E-state index in [0.29, 0.717) is 29.7 Å². The van der Waals surface area contributed by atoms with Gasteiger partial charge in [0.05, 0.1) is 18.6 Å². The monoisotopic (exact) mass is 594 g/mol. The maximum atomic E-state index is 13.2. The summed E-state index contributed by atoms with van der Waals surface area (Å²) >= 11 is 0. The summed E-state index contributed by atoms with van der Waals surface area (Å²) < 4.78 is 44.2. The number of amides is 1. The fourth-order valence-corrected chi connectivity index (χ4v) is 5.89. The molecule has 1 amide bonds. The van der Waals surface area contributed by atoms with Crippen LogP contribution < -0.4 is 5.32 Å². The average molecular weight is 595 g/mol. The number of esters is 1. The summed E-state index contributed by atoms with van der Waals surface area (Å²) in [6.07, 6.45) is 0.512. The van der Waals surface area contributed by atoms with Gasteiger partial charge in [-0.3, -0.25) is 9.59 Å². The van der Waals surface area contributed by atoms with Crippen LogP contribution in [0.2, 0.25) is 0 Å². The Labute approximate surface area is 252 Å². The maximum Gasteiger partial charge on any atom is 0.416 e. The molecule has 1 N–H and O–H groups in total. The third-order valence-corrected chi connectivity index (χ3v) is 8.38. The number of carbonyl (C=O) groups excluding carboxylic acids is 2. The van der Waals surface area contributed by atoms with Crippen molar-refractivity contribution < 1.29 is 27.5 Å². The average Bonchev–Trinajstić information content (AvgIpc) is 3.00. The molecule has 1 heterocycles. The highest BCUT2D eigenvalue weighted by atomic mass is 19.4. The molecule has 43 heavy (non-hydrogen) atoms. The minimum absolute atomic E-state index is 0.0374. The van der Waals surface area contributed by atoms with Gasteiger partial charge in [-0.1, -0.05) is 74.0 Å². The van der Waals surface area contributed by atoms with Crippen LogP contribution in [0.15, 0.2) is 78.9 Å². The Balaban J connectivity index is 1.26. The lowest BCUT2D eigenvalue weighted by molar-refractivity contribution is -0.144. The number of halogens is 3. The van der Waals surface area contributed by atoms with E-state index in [1.165, 1.54) is 12.1 Å². The zero-order chi connectivity index (χ0) is 30.9. The van der Waals surface area contributed by atoms with Crippen LogP contribution >= 0.6 is 0 Å². The van der Waals surface area contributed by atoms with Crippen molar-refractivity contribution in [2.45, 2.75) is 70.0 Å². The molecule has 0 aromatic heterocycles. The van der Waals surface area contributed by atoms with Gasteiger partial charge in [-0.2, -0.15) is 13.2 Å². The lowest BCUT2D eigenvalue weighted by Gasteiger charge is -2.33. The highest BCUT2D eigenvalue weighted by Gasteiger charge is 2.31. The molecule has 1 fully saturated rings. The van der Waals surface area contributed by atoms with Crippen molar-refractivity contribution >= 4 is 11.9 Å². The van der Waals surface area contributed by atoms with Gasteiger partial charge in [-0.05, 0) is 74.0 Å². The quantitative estimate of drug-likeness (QED) is 0.173. The van der Waals surface area contributed by atoms with Crippen LogP contribution in [0.1, 0.15) is 73.9 Å². The lowest BCUT2D eigenvalue weighted by atomic mass is 9.75. The predicted molar refractivity (Wildman–Crippen MR) is 163 cm³/mol. The lowest BCUT2D eigenvalue weighted by Crippen LogP contribution is -2.45. The first-order valence-corrected chi connectivity index (χ1v) is 15.1. The number of hydrogen-bond acceptors (Lipinski definition) is 4. The van der Waals surface area contributed by atoms with E-state index in [2.05, 4.69) is 29.3 Å². The molecule has 3 aromatic rings. The van der Waals surface area contributed by atoms with E-state index in [1.54, 1.807) is 24.3 Å². The van der Waals surface area contributed by atoms with Crippen LogP contribution in [0, 0.1) is 0 Å². The molecule has 1 atom stereocenters. The van der Waals surface area contributed by atoms with Crippen molar-refractivity contribution in [3.05, 3.63) is 95.6 Å². The highest BCUT2D eigenvalue weighted by Crippen LogP contribution is 2.34. The number of unbranched alkanes of at least 4 members (excludes halogenated alkanes) is 1. The van der Waals surface area contributed by atoms with Crippen LogP contribution in [-0.4, -0.2) is 49.1 Å². The highest BCUT2D eigenvalue weighted by molar-refractivity contribution is 6.01. The molecule has 1 unspecified atom stereocenters. The number of rotatable bonds is 12. The number of alkyl halides is 3. The van der Waals surface area contributed by atoms with Crippen molar-refractivity contribution in [2.24, 2.45) is 0 Å². The Morgan fingerprint density at radius 2 is 1.53 bits per heavy atom. The molecule has 0 saturated carbocycles. The Hall–Kier alpha value is -3.65. The SMILES string of the molecule is CCOC(=O)CC(C)(CCCCN1CCC(NC(=O)c2ccccc2-c2ccc(C(F)(F)F)cc2)CC1)c1ccccc1. The molecule has 1 aliphatic heterocycles. The zero-order valence-corrected chi connectivity index (χ0v) is 25.0. The van der Waals surface area contributed by atoms with Crippen molar-refractivity contribution in [3.63, 3.8) is 0 Å². The number of nitrogens with one attached hydrogen (secondary N) is 1. The number of hydrogen-bond donors (Lipinski definition) is 1. The summed E-state index contributed by atoms with van der Waals surface area (Å²) in [5.41, 5.74) is 1.79. The van der Waals surface area contributed by atoms with Gasteiger partial charge >= 0.3 is 12.1 Å². The predicted octanol–water partition coefficient (Wildman–Crippen LogP) is 7.65. The molecule has 1 saturated heterocycles. The summed E-state index contributed by atoms with van der Waals surface area (Å²) in [5, 5.41) is 3.15. The largest absolute Gasteiger partial charge is 0.466 e. The van der Waals surface area contributed by atoms with Crippen molar-refractivity contribution in [2.75, 3.05) is 26.2 Å². The van der Waals surface area contributed by atoms with Gasteiger partial charge in [0.1, 0.15) is 0 Å². The molecular weight excluding hydrogens is 553 g/mol. The van der Waals surface area contributed by atoms with Crippen LogP contribution in [0.5, 0.6) is 0 Å². The van der Waals surface area contributed by atoms with Crippen LogP contribution in [0.3, 0.4) is 0 Å². The van der Waals surface area contributed by atoms with E-state index in [1.807, 2.05) is 25.1 Å². The van der Waals surface area contributed by atoms with E-state index >= 15 is 0 Å². The first-order valence-electron chi connectivity index (χ1n) is 15.1. The minimum Gasteiger partial charge on any atom is -0.466 e. The molecule has 1 aliphatic rings. The standard InChI is InChI=1S/C35H41F3N2O3/c1-3-43-32(41)25-34(2,27-11-5-4-6-12-27)21-9-10-22-40-23-19-29(20-24-40)39-33(42)31-14-8-7-13-30(31)26-15-17-28(18-16-26)35(36,37)38/h4-8,11-18,29H,3,9-10,19-25H2,1-2H3,(H,39,42). The molecule has 4 rings (SSSR count). The molecule has 0 radical (unpaired) electrons. The van der Waals surface area contributed by atoms with Gasteiger partial charge in [-0.25, -0.2) is 0 Å². The Morgan fingerprint density at radius 3 is 2.19 bits per heavy atom. The molecule has 0 aliphatic carbocycles. The summed E-state index contributed by atoms with van der Waals surface area (Å²) in [6.45, 7) is 7.07. The summed E-state index contributed by atoms with van der Waals surface area (Å²) in [4.78, 5) is 28.0. The van der Waals surface area contributed by atoms with Gasteiger partial charge in [0.15, 0.2) is 0 Å². The molecule has 0 spiro atoms. The second-order valence-corrected chi connectivity index (χ2v) is 11.6. The van der Waals surface area contributed by atoms with E-state index in [0.717, 1.165) is 69.4 Å². The maximum absolute atomic E-state index is 13.2. The summed E-state index contributed by atoms with van der Waals surface area (Å²) in [7, 11) is 0. The first-order chi connectivity index (χ1) is 20.6. The number of carbonyl (C=O) groups is 2. The molecule has 230 valence electrons. The topological polar surface area (TPSA) is 58.6 Å². The van der Waals surface area contributed by atoms with Gasteiger partial charge in [0.2, 0.25) is 0 Å². The Morgan fingerprint density at radius 1 is 0.884 bits per heavy atom. The summed E-state index contributed by atoms with van der Waals surface area (Å²) in [5.74, 6) is -0.379. The van der Waals surface area contributed by atoms with Crippen molar-refractivity contribution in [3.8, 4) is 11.1 Å². The van der Waals surface area contributed by atoms with Crippen LogP contribution in [0.25, 0.3) is 11.1 Å². The summed E-state index contributed by atoms with van der Waals surface area (Å²) in [6, 6.07) is 22.1. The van der Waals surface area contributed by atoms with Gasteiger partial charge in [0.25, 0.3) is 5.91 Å². The molecule has 3 aromatic carbocycles. The normalized spacial score (nSPS) is 15.9. The molecule has 5 nitrogen and oxygen atoms in total. The van der Waals surface area contributed by atoms with Gasteiger partial charge in [-0.15, -0.1) is 0 Å². The zero-order valence-electron chi connectivity index (χ0n) is 25.0. The third-order valence-electron chi connectivity index (χ3n) is 8.38. The molecule has 8 heteroatoms. The minimum atomic E-state index is -4.41. The molecular formula is C35H41F3N2O3. The van der Waals surface area contributed by atoms with Crippen LogP contribution in [-0.2, 0) is 21.1 Å². The Bertz CT molecular complexity index is 1340. The number of benzene rings is 3. The van der Waals surface area contributed by atoms with E-state index in [-0.39, 0.29) is 23.3 Å². The van der Waals surface area contributed by atoms with Crippen LogP contribution in [0.4, 0.5) is 13.2 Å². The number of ether oxygens (including phenoxy) is 1.